The fourth-order valence-electron chi connectivity index (χ4n) is 1.00. The van der Waals surface area contributed by atoms with Crippen molar-refractivity contribution < 1.29 is 0 Å². The maximum absolute atomic E-state index is 4.30. The number of nitrogens with one attached hydrogen (secondary N) is 1. The van der Waals surface area contributed by atoms with Crippen LogP contribution in [-0.2, 0) is 6.54 Å². The molecule has 0 radical (unpaired) electrons. The molecule has 0 saturated carbocycles. The quantitative estimate of drug-likeness (QED) is 0.843. The van der Waals surface area contributed by atoms with Crippen molar-refractivity contribution in [3.8, 4) is 10.7 Å². The molecule has 3 nitrogen and oxygen atoms in total. The van der Waals surface area contributed by atoms with Crippen molar-refractivity contribution in [2.24, 2.45) is 0 Å². The van der Waals surface area contributed by atoms with Crippen molar-refractivity contribution in [1.82, 2.24) is 15.3 Å². The summed E-state index contributed by atoms with van der Waals surface area (Å²) < 4.78 is 0. The van der Waals surface area contributed by atoms with Gasteiger partial charge in [-0.25, -0.2) is 9.97 Å². The van der Waals surface area contributed by atoms with Crippen LogP contribution in [0.2, 0.25) is 0 Å². The molecule has 2 aromatic rings. The van der Waals surface area contributed by atoms with Gasteiger partial charge in [0.05, 0.1) is 5.51 Å². The van der Waals surface area contributed by atoms with E-state index in [1.54, 1.807) is 22.7 Å². The third kappa shape index (κ3) is 1.93. The van der Waals surface area contributed by atoms with Gasteiger partial charge < -0.3 is 5.32 Å². The lowest BCUT2D eigenvalue weighted by Gasteiger charge is -1.89. The van der Waals surface area contributed by atoms with E-state index in [-0.39, 0.29) is 0 Å². The van der Waals surface area contributed by atoms with Crippen LogP contribution >= 0.6 is 22.7 Å². The summed E-state index contributed by atoms with van der Waals surface area (Å²) in [7, 11) is 1.93. The van der Waals surface area contributed by atoms with Gasteiger partial charge in [0.25, 0.3) is 0 Å². The molecule has 0 saturated heterocycles. The first-order chi connectivity index (χ1) is 6.40. The zero-order valence-electron chi connectivity index (χ0n) is 7.15. The van der Waals surface area contributed by atoms with Crippen LogP contribution in [0.1, 0.15) is 4.88 Å². The van der Waals surface area contributed by atoms with Crippen LogP contribution in [0.15, 0.2) is 17.1 Å². The normalized spacial score (nSPS) is 10.5. The lowest BCUT2D eigenvalue weighted by atomic mass is 10.5. The molecule has 13 heavy (non-hydrogen) atoms. The summed E-state index contributed by atoms with van der Waals surface area (Å²) in [5.74, 6) is 0. The Morgan fingerprint density at radius 2 is 2.38 bits per heavy atom. The van der Waals surface area contributed by atoms with Gasteiger partial charge in [-0.05, 0) is 7.05 Å². The molecule has 0 aromatic carbocycles. The first-order valence-electron chi connectivity index (χ1n) is 3.88. The highest BCUT2D eigenvalue weighted by Crippen LogP contribution is 2.24. The van der Waals surface area contributed by atoms with Crippen molar-refractivity contribution >= 4 is 22.7 Å². The molecule has 2 aromatic heterocycles. The van der Waals surface area contributed by atoms with E-state index >= 15 is 0 Å². The molecule has 0 aliphatic heterocycles. The van der Waals surface area contributed by atoms with E-state index < -0.39 is 0 Å². The maximum atomic E-state index is 4.30. The Bertz CT molecular complexity index is 366. The first-order valence-corrected chi connectivity index (χ1v) is 5.64. The monoisotopic (exact) mass is 211 g/mol. The van der Waals surface area contributed by atoms with Crippen LogP contribution in [0.5, 0.6) is 0 Å². The van der Waals surface area contributed by atoms with E-state index in [9.17, 15) is 0 Å². The fraction of sp³-hybridized carbons (Fsp3) is 0.250. The summed E-state index contributed by atoms with van der Waals surface area (Å²) in [6.45, 7) is 0.877. The molecule has 0 fully saturated rings. The predicted molar refractivity (Wildman–Crippen MR) is 56.0 cm³/mol. The molecular weight excluding hydrogens is 202 g/mol. The van der Waals surface area contributed by atoms with Crippen LogP contribution in [0, 0.1) is 0 Å². The van der Waals surface area contributed by atoms with Crippen molar-refractivity contribution in [1.29, 1.82) is 0 Å². The van der Waals surface area contributed by atoms with Gasteiger partial charge in [0.2, 0.25) is 0 Å². The lowest BCUT2D eigenvalue weighted by molar-refractivity contribution is 0.829. The molecule has 0 aliphatic carbocycles. The van der Waals surface area contributed by atoms with E-state index in [2.05, 4.69) is 15.3 Å². The topological polar surface area (TPSA) is 37.8 Å². The fourth-order valence-corrected chi connectivity index (χ4v) is 2.50. The van der Waals surface area contributed by atoms with E-state index in [4.69, 9.17) is 0 Å². The second-order valence-corrected chi connectivity index (χ2v) is 4.37. The lowest BCUT2D eigenvalue weighted by Crippen LogP contribution is -2.02. The number of thiazole rings is 2. The summed E-state index contributed by atoms with van der Waals surface area (Å²) in [4.78, 5) is 9.75. The van der Waals surface area contributed by atoms with Crippen molar-refractivity contribution in [3.63, 3.8) is 0 Å². The minimum absolute atomic E-state index is 0.877. The number of nitrogens with zero attached hydrogens (tertiary/aromatic N) is 2. The van der Waals surface area contributed by atoms with Gasteiger partial charge in [0, 0.05) is 23.0 Å². The van der Waals surface area contributed by atoms with E-state index in [0.717, 1.165) is 17.2 Å². The Morgan fingerprint density at radius 3 is 3.08 bits per heavy atom. The molecule has 0 aliphatic rings. The van der Waals surface area contributed by atoms with Crippen molar-refractivity contribution in [2.75, 3.05) is 7.05 Å². The predicted octanol–water partition coefficient (Wildman–Crippen LogP) is 1.99. The van der Waals surface area contributed by atoms with Crippen LogP contribution < -0.4 is 5.32 Å². The summed E-state index contributed by atoms with van der Waals surface area (Å²) in [6, 6.07) is 0. The molecule has 0 amide bonds. The highest BCUT2D eigenvalue weighted by atomic mass is 32.1. The molecule has 5 heteroatoms. The summed E-state index contributed by atoms with van der Waals surface area (Å²) in [6.07, 6.45) is 1.90. The zero-order valence-corrected chi connectivity index (χ0v) is 8.78. The van der Waals surface area contributed by atoms with Gasteiger partial charge in [0.1, 0.15) is 10.7 Å². The average molecular weight is 211 g/mol. The van der Waals surface area contributed by atoms with E-state index in [1.165, 1.54) is 4.88 Å². The highest BCUT2D eigenvalue weighted by Gasteiger charge is 2.04. The third-order valence-electron chi connectivity index (χ3n) is 1.56. The van der Waals surface area contributed by atoms with Crippen molar-refractivity contribution in [2.45, 2.75) is 6.54 Å². The molecule has 2 rings (SSSR count). The minimum Gasteiger partial charge on any atom is -0.315 e. The molecular formula is C8H9N3S2. The summed E-state index contributed by atoms with van der Waals surface area (Å²) in [5.41, 5.74) is 2.81. The molecule has 2 heterocycles. The van der Waals surface area contributed by atoms with Crippen molar-refractivity contribution in [3.05, 3.63) is 22.0 Å². The molecule has 0 atom stereocenters. The number of rotatable bonds is 3. The third-order valence-corrected chi connectivity index (χ3v) is 3.16. The van der Waals surface area contributed by atoms with Crippen LogP contribution in [0.4, 0.5) is 0 Å². The van der Waals surface area contributed by atoms with Gasteiger partial charge in [-0.1, -0.05) is 0 Å². The summed E-state index contributed by atoms with van der Waals surface area (Å²) >= 11 is 3.28. The maximum Gasteiger partial charge on any atom is 0.142 e. The Kier molecular flexibility index (Phi) is 2.68. The number of aromatic nitrogens is 2. The van der Waals surface area contributed by atoms with Gasteiger partial charge in [-0.2, -0.15) is 0 Å². The average Bonchev–Trinajstić information content (AvgIpc) is 2.70. The summed E-state index contributed by atoms with van der Waals surface area (Å²) in [5, 5.41) is 6.12. The second-order valence-electron chi connectivity index (χ2n) is 2.54. The Hall–Kier alpha value is -0.780. The molecule has 68 valence electrons. The van der Waals surface area contributed by atoms with E-state index in [0.29, 0.717) is 0 Å². The molecule has 0 unspecified atom stereocenters. The van der Waals surface area contributed by atoms with Crippen LogP contribution in [0.3, 0.4) is 0 Å². The van der Waals surface area contributed by atoms with Crippen LogP contribution in [-0.4, -0.2) is 17.0 Å². The molecule has 1 N–H and O–H groups in total. The highest BCUT2D eigenvalue weighted by molar-refractivity contribution is 7.15. The standard InChI is InChI=1S/C8H9N3S2/c1-9-2-6-3-10-8(13-6)7-4-12-5-11-7/h3-5,9H,2H2,1H3. The minimum atomic E-state index is 0.877. The van der Waals surface area contributed by atoms with Crippen LogP contribution in [0.25, 0.3) is 10.7 Å². The Labute approximate surface area is 84.5 Å². The van der Waals surface area contributed by atoms with Gasteiger partial charge >= 0.3 is 0 Å². The Balaban J connectivity index is 2.23. The smallest absolute Gasteiger partial charge is 0.142 e. The molecule has 0 bridgehead atoms. The zero-order chi connectivity index (χ0) is 9.10. The second kappa shape index (κ2) is 3.95. The SMILES string of the molecule is CNCc1cnc(-c2cscn2)s1. The number of hydrogen-bond donors (Lipinski definition) is 1. The van der Waals surface area contributed by atoms with Gasteiger partial charge in [-0.3, -0.25) is 0 Å². The largest absolute Gasteiger partial charge is 0.315 e. The van der Waals surface area contributed by atoms with Gasteiger partial charge in [-0.15, -0.1) is 22.7 Å². The van der Waals surface area contributed by atoms with E-state index in [1.807, 2.05) is 24.1 Å². The molecule has 0 spiro atoms. The number of hydrogen-bond acceptors (Lipinski definition) is 5. The first kappa shape index (κ1) is 8.80. The Morgan fingerprint density at radius 1 is 1.46 bits per heavy atom. The van der Waals surface area contributed by atoms with Gasteiger partial charge in [0.15, 0.2) is 0 Å².